The topological polar surface area (TPSA) is 81.4 Å². The van der Waals surface area contributed by atoms with Gasteiger partial charge in [0.25, 0.3) is 11.8 Å². The molecule has 0 spiro atoms. The number of nitrogens with two attached hydrogens (primary N) is 1. The molecule has 0 saturated carbocycles. The number of benzene rings is 3. The van der Waals surface area contributed by atoms with Gasteiger partial charge in [-0.05, 0) is 42.0 Å². The van der Waals surface area contributed by atoms with Gasteiger partial charge in [0, 0.05) is 0 Å². The van der Waals surface area contributed by atoms with Crippen molar-refractivity contribution in [1.82, 2.24) is 0 Å². The Balaban J connectivity index is 1.73. The van der Waals surface area contributed by atoms with Crippen LogP contribution in [0.15, 0.2) is 66.7 Å². The normalized spacial score (nSPS) is 11.7. The number of rotatable bonds is 5. The van der Waals surface area contributed by atoms with Gasteiger partial charge in [0.05, 0.1) is 11.3 Å². The van der Waals surface area contributed by atoms with Gasteiger partial charge < -0.3 is 15.8 Å². The summed E-state index contributed by atoms with van der Waals surface area (Å²) in [5.74, 6) is -0.356. The van der Waals surface area contributed by atoms with E-state index < -0.39 is 12.0 Å². The Morgan fingerprint density at radius 3 is 2.40 bits per heavy atom. The average Bonchev–Trinajstić information content (AvgIpc) is 2.61. The zero-order valence-electron chi connectivity index (χ0n) is 13.7. The zero-order valence-corrected chi connectivity index (χ0v) is 13.7. The molecule has 5 nitrogen and oxygen atoms in total. The van der Waals surface area contributed by atoms with Gasteiger partial charge in [-0.2, -0.15) is 0 Å². The number of ether oxygens (including phenoxy) is 1. The van der Waals surface area contributed by atoms with Crippen molar-refractivity contribution in [2.24, 2.45) is 5.73 Å². The molecule has 3 N–H and O–H groups in total. The third-order valence-electron chi connectivity index (χ3n) is 3.85. The highest BCUT2D eigenvalue weighted by Gasteiger charge is 2.17. The monoisotopic (exact) mass is 334 g/mol. The SMILES string of the molecule is C[C@@H](Oc1ccc2ccccc2c1)C(=O)Nc1ccccc1C(N)=O. The fourth-order valence-electron chi connectivity index (χ4n) is 2.54. The second kappa shape index (κ2) is 7.05. The molecule has 0 saturated heterocycles. The van der Waals surface area contributed by atoms with Crippen LogP contribution in [0.5, 0.6) is 5.75 Å². The van der Waals surface area contributed by atoms with Crippen LogP contribution in [0.2, 0.25) is 0 Å². The summed E-state index contributed by atoms with van der Waals surface area (Å²) >= 11 is 0. The maximum absolute atomic E-state index is 12.4. The summed E-state index contributed by atoms with van der Waals surface area (Å²) in [7, 11) is 0. The van der Waals surface area contributed by atoms with Crippen molar-refractivity contribution in [1.29, 1.82) is 0 Å². The molecule has 5 heteroatoms. The van der Waals surface area contributed by atoms with Crippen molar-refractivity contribution >= 4 is 28.3 Å². The maximum Gasteiger partial charge on any atom is 0.265 e. The minimum absolute atomic E-state index is 0.258. The largest absolute Gasteiger partial charge is 0.481 e. The Labute approximate surface area is 145 Å². The fourth-order valence-corrected chi connectivity index (χ4v) is 2.54. The Kier molecular flexibility index (Phi) is 4.66. The molecule has 0 unspecified atom stereocenters. The van der Waals surface area contributed by atoms with Crippen LogP contribution in [-0.2, 0) is 4.79 Å². The van der Waals surface area contributed by atoms with Crippen LogP contribution in [0.3, 0.4) is 0 Å². The molecule has 25 heavy (non-hydrogen) atoms. The first-order valence-corrected chi connectivity index (χ1v) is 7.90. The summed E-state index contributed by atoms with van der Waals surface area (Å²) in [6.45, 7) is 1.65. The molecule has 3 aromatic carbocycles. The molecule has 1 atom stereocenters. The second-order valence-corrected chi connectivity index (χ2v) is 5.67. The zero-order chi connectivity index (χ0) is 17.8. The lowest BCUT2D eigenvalue weighted by atomic mass is 10.1. The number of amides is 2. The second-order valence-electron chi connectivity index (χ2n) is 5.67. The van der Waals surface area contributed by atoms with Crippen molar-refractivity contribution in [3.63, 3.8) is 0 Å². The minimum Gasteiger partial charge on any atom is -0.481 e. The molecule has 3 rings (SSSR count). The van der Waals surface area contributed by atoms with Crippen LogP contribution < -0.4 is 15.8 Å². The number of hydrogen-bond acceptors (Lipinski definition) is 3. The van der Waals surface area contributed by atoms with Crippen LogP contribution in [0.25, 0.3) is 10.8 Å². The molecule has 0 fully saturated rings. The lowest BCUT2D eigenvalue weighted by molar-refractivity contribution is -0.122. The van der Waals surface area contributed by atoms with Crippen molar-refractivity contribution in [2.45, 2.75) is 13.0 Å². The average molecular weight is 334 g/mol. The summed E-state index contributed by atoms with van der Waals surface area (Å²) in [6, 6.07) is 20.1. The first kappa shape index (κ1) is 16.5. The predicted octanol–water partition coefficient (Wildman–Crippen LogP) is 3.34. The number of fused-ring (bicyclic) bond motifs is 1. The number of hydrogen-bond donors (Lipinski definition) is 2. The fraction of sp³-hybridized carbons (Fsp3) is 0.100. The van der Waals surface area contributed by atoms with Crippen molar-refractivity contribution in [3.8, 4) is 5.75 Å². The lowest BCUT2D eigenvalue weighted by Crippen LogP contribution is -2.31. The van der Waals surface area contributed by atoms with Crippen LogP contribution in [-0.4, -0.2) is 17.9 Å². The number of carbonyl (C=O) groups is 2. The summed E-state index contributed by atoms with van der Waals surface area (Å²) in [5, 5.41) is 4.82. The van der Waals surface area contributed by atoms with Gasteiger partial charge in [-0.15, -0.1) is 0 Å². The van der Waals surface area contributed by atoms with E-state index in [4.69, 9.17) is 10.5 Å². The van der Waals surface area contributed by atoms with Crippen LogP contribution in [0.4, 0.5) is 5.69 Å². The van der Waals surface area contributed by atoms with Crippen LogP contribution in [0, 0.1) is 0 Å². The molecule has 0 aromatic heterocycles. The van der Waals surface area contributed by atoms with Crippen LogP contribution in [0.1, 0.15) is 17.3 Å². The smallest absolute Gasteiger partial charge is 0.265 e. The van der Waals surface area contributed by atoms with Gasteiger partial charge >= 0.3 is 0 Å². The standard InChI is InChI=1S/C20H18N2O3/c1-13(20(24)22-18-9-5-4-8-17(18)19(21)23)25-16-11-10-14-6-2-3-7-15(14)12-16/h2-13H,1H3,(H2,21,23)(H,22,24)/t13-/m1/s1. The molecule has 3 aromatic rings. The number of para-hydroxylation sites is 1. The van der Waals surface area contributed by atoms with E-state index >= 15 is 0 Å². The molecule has 0 heterocycles. The van der Waals surface area contributed by atoms with E-state index in [1.807, 2.05) is 42.5 Å². The lowest BCUT2D eigenvalue weighted by Gasteiger charge is -2.16. The number of nitrogens with one attached hydrogen (secondary N) is 1. The summed E-state index contributed by atoms with van der Waals surface area (Å²) in [6.07, 6.45) is -0.734. The molecule has 0 aliphatic heterocycles. The number of anilines is 1. The Morgan fingerprint density at radius 1 is 0.960 bits per heavy atom. The van der Waals surface area contributed by atoms with E-state index in [0.717, 1.165) is 10.8 Å². The molecule has 2 amide bonds. The summed E-state index contributed by atoms with van der Waals surface area (Å²) in [4.78, 5) is 23.8. The van der Waals surface area contributed by atoms with E-state index in [1.165, 1.54) is 0 Å². The molecule has 126 valence electrons. The molecule has 0 radical (unpaired) electrons. The maximum atomic E-state index is 12.4. The van der Waals surface area contributed by atoms with Gasteiger partial charge in [0.1, 0.15) is 5.75 Å². The number of carbonyl (C=O) groups excluding carboxylic acids is 2. The van der Waals surface area contributed by atoms with Gasteiger partial charge in [-0.25, -0.2) is 0 Å². The van der Waals surface area contributed by atoms with Gasteiger partial charge in [-0.1, -0.05) is 42.5 Å². The highest BCUT2D eigenvalue weighted by atomic mass is 16.5. The first-order valence-electron chi connectivity index (χ1n) is 7.90. The van der Waals surface area contributed by atoms with Crippen molar-refractivity contribution in [3.05, 3.63) is 72.3 Å². The number of primary amides is 1. The Hall–Kier alpha value is -3.34. The third-order valence-corrected chi connectivity index (χ3v) is 3.85. The molecule has 0 aliphatic carbocycles. The van der Waals surface area contributed by atoms with Gasteiger partial charge in [0.2, 0.25) is 0 Å². The van der Waals surface area contributed by atoms with Crippen molar-refractivity contribution < 1.29 is 14.3 Å². The van der Waals surface area contributed by atoms with Crippen LogP contribution >= 0.6 is 0 Å². The minimum atomic E-state index is -0.734. The van der Waals surface area contributed by atoms with E-state index in [-0.39, 0.29) is 11.5 Å². The molecular formula is C20H18N2O3. The summed E-state index contributed by atoms with van der Waals surface area (Å²) < 4.78 is 5.73. The van der Waals surface area contributed by atoms with E-state index in [1.54, 1.807) is 31.2 Å². The third kappa shape index (κ3) is 3.77. The highest BCUT2D eigenvalue weighted by Crippen LogP contribution is 2.22. The van der Waals surface area contributed by atoms with E-state index in [0.29, 0.717) is 11.4 Å². The quantitative estimate of drug-likeness (QED) is 0.751. The molecule has 0 aliphatic rings. The Bertz CT molecular complexity index is 937. The van der Waals surface area contributed by atoms with E-state index in [9.17, 15) is 9.59 Å². The molecular weight excluding hydrogens is 316 g/mol. The highest BCUT2D eigenvalue weighted by molar-refractivity contribution is 6.04. The molecule has 0 bridgehead atoms. The van der Waals surface area contributed by atoms with Crippen molar-refractivity contribution in [2.75, 3.05) is 5.32 Å². The van der Waals surface area contributed by atoms with Gasteiger partial charge in [-0.3, -0.25) is 9.59 Å². The predicted molar refractivity (Wildman–Crippen MR) is 97.6 cm³/mol. The summed E-state index contributed by atoms with van der Waals surface area (Å²) in [5.41, 5.74) is 5.95. The Morgan fingerprint density at radius 2 is 1.64 bits per heavy atom. The van der Waals surface area contributed by atoms with Gasteiger partial charge in [0.15, 0.2) is 6.10 Å². The first-order chi connectivity index (χ1) is 12.0. The van der Waals surface area contributed by atoms with E-state index in [2.05, 4.69) is 5.32 Å².